The molecule has 2 aliphatic rings. The first-order valence-electron chi connectivity index (χ1n) is 10.1. The van der Waals surface area contributed by atoms with Gasteiger partial charge in [0.2, 0.25) is 0 Å². The Hall–Kier alpha value is -1.56. The number of fused-ring (bicyclic) bond motifs is 3. The first-order chi connectivity index (χ1) is 11.9. The van der Waals surface area contributed by atoms with Crippen LogP contribution in [0.25, 0.3) is 11.1 Å². The summed E-state index contributed by atoms with van der Waals surface area (Å²) in [4.78, 5) is 0. The molecule has 0 saturated carbocycles. The van der Waals surface area contributed by atoms with E-state index >= 15 is 0 Å². The van der Waals surface area contributed by atoms with Gasteiger partial charge in [-0.15, -0.1) is 0 Å². The molecule has 0 aromatic heterocycles. The number of benzene rings is 2. The van der Waals surface area contributed by atoms with Crippen LogP contribution in [0.3, 0.4) is 0 Å². The number of unbranched alkanes of at least 4 members (excludes halogenated alkanes) is 5. The first kappa shape index (κ1) is 15.9. The van der Waals surface area contributed by atoms with E-state index in [1.807, 2.05) is 0 Å². The molecule has 2 aromatic rings. The lowest BCUT2D eigenvalue weighted by atomic mass is 9.66. The highest BCUT2D eigenvalue weighted by molar-refractivity contribution is 5.82. The topological polar surface area (TPSA) is 0 Å². The van der Waals surface area contributed by atoms with Crippen LogP contribution in [0, 0.1) is 0 Å². The maximum atomic E-state index is 2.42. The zero-order valence-corrected chi connectivity index (χ0v) is 15.1. The molecule has 0 radical (unpaired) electrons. The molecule has 0 nitrogen and oxygen atoms in total. The van der Waals surface area contributed by atoms with Gasteiger partial charge in [0.15, 0.2) is 0 Å². The van der Waals surface area contributed by atoms with Crippen molar-refractivity contribution in [3.63, 3.8) is 0 Å². The third-order valence-corrected chi connectivity index (χ3v) is 6.37. The van der Waals surface area contributed by atoms with Crippen molar-refractivity contribution in [1.82, 2.24) is 0 Å². The summed E-state index contributed by atoms with van der Waals surface area (Å²) in [6.45, 7) is 2.30. The fourth-order valence-electron chi connectivity index (χ4n) is 5.30. The summed E-state index contributed by atoms with van der Waals surface area (Å²) in [5.74, 6) is 0. The Morgan fingerprint density at radius 2 is 1.62 bits per heavy atom. The standard InChI is InChI=1S/C24H30/c1-2-3-4-5-6-9-17-24-18-11-13-19-12-10-15-21(23(19)24)20-14-7-8-16-22(20)24/h7-8,10,12,14-16H,2-6,9,11,13,17-18H2,1H3. The third kappa shape index (κ3) is 2.51. The third-order valence-electron chi connectivity index (χ3n) is 6.37. The van der Waals surface area contributed by atoms with E-state index in [-0.39, 0.29) is 0 Å². The van der Waals surface area contributed by atoms with Crippen LogP contribution in [-0.2, 0) is 11.8 Å². The molecule has 0 aliphatic heterocycles. The smallest absolute Gasteiger partial charge is 0.0218 e. The Morgan fingerprint density at radius 3 is 2.54 bits per heavy atom. The Bertz CT molecular complexity index is 712. The molecule has 126 valence electrons. The monoisotopic (exact) mass is 318 g/mol. The predicted octanol–water partition coefficient (Wildman–Crippen LogP) is 7.04. The summed E-state index contributed by atoms with van der Waals surface area (Å²) >= 11 is 0. The van der Waals surface area contributed by atoms with Gasteiger partial charge in [0, 0.05) is 5.41 Å². The normalized spacial score (nSPS) is 20.7. The quantitative estimate of drug-likeness (QED) is 0.480. The fraction of sp³-hybridized carbons (Fsp3) is 0.500. The molecular formula is C24H30. The Morgan fingerprint density at radius 1 is 0.833 bits per heavy atom. The van der Waals surface area contributed by atoms with E-state index in [9.17, 15) is 0 Å². The summed E-state index contributed by atoms with van der Waals surface area (Å²) in [6.07, 6.45) is 13.7. The van der Waals surface area contributed by atoms with E-state index in [4.69, 9.17) is 0 Å². The molecule has 1 atom stereocenters. The lowest BCUT2D eigenvalue weighted by Crippen LogP contribution is -2.30. The summed E-state index contributed by atoms with van der Waals surface area (Å²) < 4.78 is 0. The van der Waals surface area contributed by atoms with Crippen molar-refractivity contribution in [2.75, 3.05) is 0 Å². The van der Waals surface area contributed by atoms with Crippen LogP contribution in [-0.4, -0.2) is 0 Å². The molecule has 24 heavy (non-hydrogen) atoms. The van der Waals surface area contributed by atoms with Crippen LogP contribution >= 0.6 is 0 Å². The van der Waals surface area contributed by atoms with Crippen LogP contribution in [0.4, 0.5) is 0 Å². The number of hydrogen-bond donors (Lipinski definition) is 0. The van der Waals surface area contributed by atoms with Gasteiger partial charge in [-0.1, -0.05) is 87.9 Å². The Labute approximate surface area is 147 Å². The zero-order valence-electron chi connectivity index (χ0n) is 15.1. The van der Waals surface area contributed by atoms with Crippen molar-refractivity contribution >= 4 is 0 Å². The van der Waals surface area contributed by atoms with Crippen molar-refractivity contribution in [3.8, 4) is 11.1 Å². The van der Waals surface area contributed by atoms with Gasteiger partial charge in [0.1, 0.15) is 0 Å². The lowest BCUT2D eigenvalue weighted by molar-refractivity contribution is 0.388. The van der Waals surface area contributed by atoms with Crippen LogP contribution in [0.5, 0.6) is 0 Å². The molecule has 0 heteroatoms. The Balaban J connectivity index is 1.64. The SMILES string of the molecule is CCCCCCCCC12CCCc3cccc(c31)-c1ccccc12. The van der Waals surface area contributed by atoms with E-state index < -0.39 is 0 Å². The molecule has 1 unspecified atom stereocenters. The maximum absolute atomic E-state index is 2.42. The molecular weight excluding hydrogens is 288 g/mol. The maximum Gasteiger partial charge on any atom is 0.0218 e. The van der Waals surface area contributed by atoms with Gasteiger partial charge in [-0.2, -0.15) is 0 Å². The first-order valence-corrected chi connectivity index (χ1v) is 10.1. The van der Waals surface area contributed by atoms with Crippen LogP contribution in [0.2, 0.25) is 0 Å². The van der Waals surface area contributed by atoms with E-state index in [1.54, 1.807) is 16.7 Å². The second-order valence-electron chi connectivity index (χ2n) is 7.84. The molecule has 0 N–H and O–H groups in total. The highest BCUT2D eigenvalue weighted by atomic mass is 14.5. The van der Waals surface area contributed by atoms with Gasteiger partial charge in [0.25, 0.3) is 0 Å². The van der Waals surface area contributed by atoms with E-state index in [1.165, 1.54) is 75.3 Å². The molecule has 0 fully saturated rings. The number of aryl methyl sites for hydroxylation is 1. The summed E-state index contributed by atoms with van der Waals surface area (Å²) in [5, 5.41) is 0. The zero-order chi connectivity index (χ0) is 16.4. The van der Waals surface area contributed by atoms with Crippen LogP contribution in [0.1, 0.15) is 81.4 Å². The fourth-order valence-corrected chi connectivity index (χ4v) is 5.30. The average molecular weight is 319 g/mol. The summed E-state index contributed by atoms with van der Waals surface area (Å²) in [5.41, 5.74) is 8.33. The largest absolute Gasteiger partial charge is 0.0654 e. The summed E-state index contributed by atoms with van der Waals surface area (Å²) in [7, 11) is 0. The van der Waals surface area contributed by atoms with E-state index in [0.717, 1.165) is 0 Å². The van der Waals surface area contributed by atoms with Crippen molar-refractivity contribution in [2.24, 2.45) is 0 Å². The van der Waals surface area contributed by atoms with Crippen molar-refractivity contribution in [2.45, 2.75) is 76.5 Å². The second-order valence-corrected chi connectivity index (χ2v) is 7.84. The van der Waals surface area contributed by atoms with Crippen molar-refractivity contribution in [3.05, 3.63) is 59.2 Å². The van der Waals surface area contributed by atoms with Gasteiger partial charge in [0.05, 0.1) is 0 Å². The minimum absolute atomic E-state index is 0.325. The summed E-state index contributed by atoms with van der Waals surface area (Å²) in [6, 6.07) is 16.3. The Kier molecular flexibility index (Phi) is 4.48. The van der Waals surface area contributed by atoms with E-state index in [0.29, 0.717) is 5.41 Å². The van der Waals surface area contributed by atoms with Crippen LogP contribution in [0.15, 0.2) is 42.5 Å². The highest BCUT2D eigenvalue weighted by Gasteiger charge is 2.45. The van der Waals surface area contributed by atoms with Crippen molar-refractivity contribution < 1.29 is 0 Å². The predicted molar refractivity (Wildman–Crippen MR) is 104 cm³/mol. The van der Waals surface area contributed by atoms with Gasteiger partial charge in [-0.3, -0.25) is 0 Å². The van der Waals surface area contributed by atoms with E-state index in [2.05, 4.69) is 49.4 Å². The molecule has 0 heterocycles. The van der Waals surface area contributed by atoms with Gasteiger partial charge >= 0.3 is 0 Å². The minimum atomic E-state index is 0.325. The lowest BCUT2D eigenvalue weighted by Gasteiger charge is -2.37. The van der Waals surface area contributed by atoms with Gasteiger partial charge < -0.3 is 0 Å². The molecule has 0 amide bonds. The van der Waals surface area contributed by atoms with Crippen molar-refractivity contribution in [1.29, 1.82) is 0 Å². The average Bonchev–Trinajstić information content (AvgIpc) is 2.91. The number of hydrogen-bond acceptors (Lipinski definition) is 0. The molecule has 0 bridgehead atoms. The molecule has 0 spiro atoms. The number of rotatable bonds is 7. The van der Waals surface area contributed by atoms with Crippen LogP contribution < -0.4 is 0 Å². The minimum Gasteiger partial charge on any atom is -0.0654 e. The highest BCUT2D eigenvalue weighted by Crippen LogP contribution is 2.57. The van der Waals surface area contributed by atoms with Gasteiger partial charge in [-0.25, -0.2) is 0 Å². The van der Waals surface area contributed by atoms with Gasteiger partial charge in [-0.05, 0) is 53.5 Å². The molecule has 0 saturated heterocycles. The molecule has 2 aliphatic carbocycles. The second kappa shape index (κ2) is 6.75. The molecule has 4 rings (SSSR count). The molecule has 2 aromatic carbocycles.